The van der Waals surface area contributed by atoms with Crippen molar-refractivity contribution in [3.05, 3.63) is 82.2 Å². The molecule has 2 amide bonds. The van der Waals surface area contributed by atoms with Gasteiger partial charge in [0.15, 0.2) is 9.84 Å². The number of carbonyl (C=O) groups excluding carboxylic acids is 2. The van der Waals surface area contributed by atoms with Crippen molar-refractivity contribution in [3.63, 3.8) is 0 Å². The molecule has 0 saturated carbocycles. The van der Waals surface area contributed by atoms with Gasteiger partial charge in [0.25, 0.3) is 5.91 Å². The van der Waals surface area contributed by atoms with Gasteiger partial charge in [0.2, 0.25) is 5.91 Å². The van der Waals surface area contributed by atoms with Gasteiger partial charge < -0.3 is 15.4 Å². The number of hydrogen-bond donors (Lipinski definition) is 1. The zero-order chi connectivity index (χ0) is 26.9. The maximum absolute atomic E-state index is 15.0. The molecule has 7 nitrogen and oxygen atoms in total. The third kappa shape index (κ3) is 5.20. The van der Waals surface area contributed by atoms with E-state index in [1.165, 1.54) is 23.1 Å². The number of carbonyl (C=O) groups is 2. The van der Waals surface area contributed by atoms with Crippen molar-refractivity contribution in [1.29, 1.82) is 0 Å². The normalized spacial score (nSPS) is 13.5. The number of ether oxygens (including phenoxy) is 1. The summed E-state index contributed by atoms with van der Waals surface area (Å²) in [5, 5.41) is 0. The van der Waals surface area contributed by atoms with E-state index in [1.54, 1.807) is 31.2 Å². The fourth-order valence-electron chi connectivity index (χ4n) is 4.48. The minimum atomic E-state index is -3.80. The Kier molecular flexibility index (Phi) is 7.31. The largest absolute Gasteiger partial charge is 0.491 e. The highest BCUT2D eigenvalue weighted by molar-refractivity contribution is 7.90. The molecule has 1 aliphatic heterocycles. The van der Waals surface area contributed by atoms with Crippen LogP contribution in [0.1, 0.15) is 44.3 Å². The Morgan fingerprint density at radius 2 is 1.86 bits per heavy atom. The van der Waals surface area contributed by atoms with Crippen molar-refractivity contribution in [2.75, 3.05) is 19.4 Å². The van der Waals surface area contributed by atoms with Crippen LogP contribution < -0.4 is 10.5 Å². The lowest BCUT2D eigenvalue weighted by Crippen LogP contribution is -2.33. The van der Waals surface area contributed by atoms with Crippen LogP contribution in [-0.4, -0.2) is 44.5 Å². The molecule has 0 radical (unpaired) electrons. The van der Waals surface area contributed by atoms with Crippen LogP contribution >= 0.6 is 0 Å². The van der Waals surface area contributed by atoms with E-state index in [0.717, 1.165) is 12.3 Å². The van der Waals surface area contributed by atoms with Gasteiger partial charge in [-0.1, -0.05) is 19.1 Å². The van der Waals surface area contributed by atoms with Gasteiger partial charge in [-0.2, -0.15) is 0 Å². The highest BCUT2D eigenvalue weighted by atomic mass is 32.2. The lowest BCUT2D eigenvalue weighted by Gasteiger charge is -2.22. The maximum Gasteiger partial charge on any atom is 0.254 e. The molecule has 10 heteroatoms. The fraction of sp³-hybridized carbons (Fsp3) is 0.259. The third-order valence-electron chi connectivity index (χ3n) is 6.36. The first kappa shape index (κ1) is 26.3. The number of nitrogens with zero attached hydrogens (tertiary/aromatic N) is 1. The summed E-state index contributed by atoms with van der Waals surface area (Å²) in [7, 11) is -3.80. The molecule has 1 heterocycles. The van der Waals surface area contributed by atoms with Crippen molar-refractivity contribution in [1.82, 2.24) is 4.90 Å². The second-order valence-electron chi connectivity index (χ2n) is 8.80. The zero-order valence-electron chi connectivity index (χ0n) is 20.4. The number of nitrogens with two attached hydrogens (primary N) is 1. The smallest absolute Gasteiger partial charge is 0.254 e. The monoisotopic (exact) mass is 528 g/mol. The minimum absolute atomic E-state index is 0.0363. The summed E-state index contributed by atoms with van der Waals surface area (Å²) in [5.41, 5.74) is 7.85. The highest BCUT2D eigenvalue weighted by Crippen LogP contribution is 2.33. The second-order valence-corrected chi connectivity index (χ2v) is 10.8. The van der Waals surface area contributed by atoms with Crippen LogP contribution in [0.4, 0.5) is 8.78 Å². The van der Waals surface area contributed by atoms with Gasteiger partial charge in [-0.25, -0.2) is 17.2 Å². The van der Waals surface area contributed by atoms with Crippen molar-refractivity contribution < 1.29 is 31.5 Å². The number of benzene rings is 3. The maximum atomic E-state index is 15.0. The molecule has 4 rings (SSSR count). The van der Waals surface area contributed by atoms with E-state index in [1.807, 2.05) is 0 Å². The number of sulfone groups is 1. The molecule has 0 spiro atoms. The Labute approximate surface area is 213 Å². The molecule has 194 valence electrons. The second kappa shape index (κ2) is 10.3. The SMILES string of the molecule is CCc1c(C(=O)N2CCOc3ccc(-c4ccc(C(N)=O)cc4CF)cc3C2)ccc(S(C)(=O)=O)c1F. The Bertz CT molecular complexity index is 1500. The molecule has 3 aromatic carbocycles. The Morgan fingerprint density at radius 1 is 1.11 bits per heavy atom. The van der Waals surface area contributed by atoms with Gasteiger partial charge in [0.05, 0.1) is 6.54 Å². The van der Waals surface area contributed by atoms with E-state index < -0.39 is 39.0 Å². The van der Waals surface area contributed by atoms with E-state index in [2.05, 4.69) is 0 Å². The van der Waals surface area contributed by atoms with Crippen LogP contribution in [0.25, 0.3) is 11.1 Å². The molecule has 0 unspecified atom stereocenters. The quantitative estimate of drug-likeness (QED) is 0.519. The summed E-state index contributed by atoms with van der Waals surface area (Å²) in [6.07, 6.45) is 1.05. The summed E-state index contributed by atoms with van der Waals surface area (Å²) in [6.45, 7) is 1.42. The molecular weight excluding hydrogens is 502 g/mol. The molecular formula is C27H26F2N2O5S. The van der Waals surface area contributed by atoms with Crippen LogP contribution in [-0.2, 0) is 29.5 Å². The van der Waals surface area contributed by atoms with E-state index in [-0.39, 0.29) is 42.8 Å². The van der Waals surface area contributed by atoms with E-state index in [4.69, 9.17) is 10.5 Å². The fourth-order valence-corrected chi connectivity index (χ4v) is 5.24. The Hall–Kier alpha value is -3.79. The molecule has 2 N–H and O–H groups in total. The van der Waals surface area contributed by atoms with Crippen molar-refractivity contribution in [2.24, 2.45) is 5.73 Å². The molecule has 0 atom stereocenters. The predicted octanol–water partition coefficient (Wildman–Crippen LogP) is 4.06. The van der Waals surface area contributed by atoms with Crippen LogP contribution in [0.5, 0.6) is 5.75 Å². The minimum Gasteiger partial charge on any atom is -0.491 e. The lowest BCUT2D eigenvalue weighted by molar-refractivity contribution is 0.0731. The van der Waals surface area contributed by atoms with Gasteiger partial charge in [-0.05, 0) is 59.5 Å². The summed E-state index contributed by atoms with van der Waals surface area (Å²) < 4.78 is 58.5. The Balaban J connectivity index is 1.70. The number of amides is 2. The number of hydrogen-bond acceptors (Lipinski definition) is 5. The number of alkyl halides is 1. The van der Waals surface area contributed by atoms with Crippen molar-refractivity contribution in [2.45, 2.75) is 31.5 Å². The number of primary amides is 1. The molecule has 0 fully saturated rings. The van der Waals surface area contributed by atoms with Gasteiger partial charge in [-0.15, -0.1) is 0 Å². The predicted molar refractivity (Wildman–Crippen MR) is 134 cm³/mol. The first-order valence-corrected chi connectivity index (χ1v) is 13.5. The molecule has 37 heavy (non-hydrogen) atoms. The molecule has 1 aliphatic rings. The van der Waals surface area contributed by atoms with Crippen LogP contribution in [0.3, 0.4) is 0 Å². The number of rotatable bonds is 6. The van der Waals surface area contributed by atoms with Crippen LogP contribution in [0.15, 0.2) is 53.4 Å². The topological polar surface area (TPSA) is 107 Å². The summed E-state index contributed by atoms with van der Waals surface area (Å²) in [4.78, 5) is 26.0. The average molecular weight is 529 g/mol. The van der Waals surface area contributed by atoms with E-state index >= 15 is 4.39 Å². The first-order chi connectivity index (χ1) is 17.5. The summed E-state index contributed by atoms with van der Waals surface area (Å²) in [6, 6.07) is 12.3. The van der Waals surface area contributed by atoms with Gasteiger partial charge in [0.1, 0.15) is 29.7 Å². The van der Waals surface area contributed by atoms with Gasteiger partial charge >= 0.3 is 0 Å². The Morgan fingerprint density at radius 3 is 2.51 bits per heavy atom. The van der Waals surface area contributed by atoms with Crippen LogP contribution in [0.2, 0.25) is 0 Å². The van der Waals surface area contributed by atoms with Crippen molar-refractivity contribution in [3.8, 4) is 16.9 Å². The number of halogens is 2. The van der Waals surface area contributed by atoms with Crippen LogP contribution in [0, 0.1) is 5.82 Å². The molecule has 0 aliphatic carbocycles. The number of fused-ring (bicyclic) bond motifs is 1. The molecule has 3 aromatic rings. The lowest BCUT2D eigenvalue weighted by atomic mass is 9.96. The third-order valence-corrected chi connectivity index (χ3v) is 7.48. The van der Waals surface area contributed by atoms with Gasteiger partial charge in [-0.3, -0.25) is 9.59 Å². The zero-order valence-corrected chi connectivity index (χ0v) is 21.2. The van der Waals surface area contributed by atoms with E-state index in [9.17, 15) is 22.4 Å². The molecule has 0 saturated heterocycles. The average Bonchev–Trinajstić information content (AvgIpc) is 3.08. The summed E-state index contributed by atoms with van der Waals surface area (Å²) >= 11 is 0. The van der Waals surface area contributed by atoms with Gasteiger partial charge in [0, 0.05) is 35.1 Å². The first-order valence-electron chi connectivity index (χ1n) is 11.6. The molecule has 0 bridgehead atoms. The van der Waals surface area contributed by atoms with Crippen molar-refractivity contribution >= 4 is 21.7 Å². The highest BCUT2D eigenvalue weighted by Gasteiger charge is 2.27. The summed E-state index contributed by atoms with van der Waals surface area (Å²) in [5.74, 6) is -1.46. The van der Waals surface area contributed by atoms with E-state index in [0.29, 0.717) is 28.0 Å². The molecule has 0 aromatic heterocycles. The standard InChI is InChI=1S/C27H26F2N2O5S/c1-3-20-22(7-9-24(25(20)29)37(2,34)35)27(33)31-10-11-36-23-8-5-16(12-19(23)15-31)21-6-4-17(26(30)32)13-18(21)14-28/h4-9,12-13H,3,10-11,14-15H2,1-2H3,(H2,30,32).